The summed E-state index contributed by atoms with van der Waals surface area (Å²) in [5.74, 6) is -0.151. The first-order valence-corrected chi connectivity index (χ1v) is 7.76. The molecule has 0 bridgehead atoms. The molecule has 1 aromatic carbocycles. The number of nitrogens with zero attached hydrogens (tertiary/aromatic N) is 1. The Morgan fingerprint density at radius 2 is 2.10 bits per heavy atom. The second-order valence-corrected chi connectivity index (χ2v) is 5.93. The first kappa shape index (κ1) is 16.0. The van der Waals surface area contributed by atoms with Crippen LogP contribution < -0.4 is 5.73 Å². The summed E-state index contributed by atoms with van der Waals surface area (Å²) in [6, 6.07) is 9.53. The van der Waals surface area contributed by atoms with Gasteiger partial charge in [0.05, 0.1) is 12.0 Å². The molecule has 0 radical (unpaired) electrons. The van der Waals surface area contributed by atoms with Crippen molar-refractivity contribution in [3.8, 4) is 0 Å². The standard InChI is InChI=1S/C17H26N2O2/c1-13(16(18)14-8-4-3-5-9-14)17(20)19(2)12-15-10-6-7-11-21-15/h3-5,8-9,13,15-16H,6-7,10-12,18H2,1-2H3. The lowest BCUT2D eigenvalue weighted by atomic mass is 9.94. The molecule has 0 saturated carbocycles. The maximum absolute atomic E-state index is 12.5. The molecule has 1 aliphatic heterocycles. The number of benzene rings is 1. The van der Waals surface area contributed by atoms with E-state index in [0.29, 0.717) is 6.54 Å². The highest BCUT2D eigenvalue weighted by atomic mass is 16.5. The zero-order chi connectivity index (χ0) is 15.2. The van der Waals surface area contributed by atoms with Gasteiger partial charge in [-0.25, -0.2) is 0 Å². The summed E-state index contributed by atoms with van der Waals surface area (Å²) in [4.78, 5) is 14.3. The Balaban J connectivity index is 1.91. The molecule has 4 heteroatoms. The summed E-state index contributed by atoms with van der Waals surface area (Å²) in [5.41, 5.74) is 7.23. The smallest absolute Gasteiger partial charge is 0.227 e. The van der Waals surface area contributed by atoms with Crippen molar-refractivity contribution in [1.82, 2.24) is 4.90 Å². The maximum atomic E-state index is 12.5. The predicted molar refractivity (Wildman–Crippen MR) is 83.8 cm³/mol. The van der Waals surface area contributed by atoms with Crippen molar-refractivity contribution in [2.24, 2.45) is 11.7 Å². The number of nitrogens with two attached hydrogens (primary N) is 1. The van der Waals surface area contributed by atoms with Gasteiger partial charge in [-0.05, 0) is 24.8 Å². The van der Waals surface area contributed by atoms with Crippen molar-refractivity contribution in [3.05, 3.63) is 35.9 Å². The Morgan fingerprint density at radius 3 is 2.71 bits per heavy atom. The fourth-order valence-electron chi connectivity index (χ4n) is 2.81. The molecule has 0 aliphatic carbocycles. The van der Waals surface area contributed by atoms with Crippen molar-refractivity contribution >= 4 is 5.91 Å². The van der Waals surface area contributed by atoms with E-state index < -0.39 is 0 Å². The average Bonchev–Trinajstić information content (AvgIpc) is 2.54. The number of ether oxygens (including phenoxy) is 1. The second-order valence-electron chi connectivity index (χ2n) is 5.93. The van der Waals surface area contributed by atoms with Gasteiger partial charge >= 0.3 is 0 Å². The van der Waals surface area contributed by atoms with Crippen LogP contribution in [0.1, 0.15) is 37.8 Å². The van der Waals surface area contributed by atoms with Crippen LogP contribution in [0, 0.1) is 5.92 Å². The normalized spacial score (nSPS) is 21.6. The summed E-state index contributed by atoms with van der Waals surface area (Å²) in [6.45, 7) is 3.37. The molecule has 116 valence electrons. The van der Waals surface area contributed by atoms with Gasteiger partial charge < -0.3 is 15.4 Å². The largest absolute Gasteiger partial charge is 0.376 e. The minimum atomic E-state index is -0.270. The molecule has 2 rings (SSSR count). The molecule has 1 amide bonds. The van der Waals surface area contributed by atoms with Gasteiger partial charge in [0.15, 0.2) is 0 Å². The Labute approximate surface area is 127 Å². The number of carbonyl (C=O) groups excluding carboxylic acids is 1. The van der Waals surface area contributed by atoms with Crippen molar-refractivity contribution in [2.45, 2.75) is 38.3 Å². The van der Waals surface area contributed by atoms with Crippen molar-refractivity contribution in [3.63, 3.8) is 0 Å². The van der Waals surface area contributed by atoms with Crippen molar-refractivity contribution in [1.29, 1.82) is 0 Å². The van der Waals surface area contributed by atoms with Crippen molar-refractivity contribution in [2.75, 3.05) is 20.2 Å². The van der Waals surface area contributed by atoms with Crippen LogP contribution in [0.2, 0.25) is 0 Å². The lowest BCUT2D eigenvalue weighted by Crippen LogP contribution is -2.42. The number of amides is 1. The Morgan fingerprint density at radius 1 is 1.38 bits per heavy atom. The van der Waals surface area contributed by atoms with E-state index in [-0.39, 0.29) is 24.0 Å². The zero-order valence-corrected chi connectivity index (χ0v) is 13.0. The first-order valence-electron chi connectivity index (χ1n) is 7.76. The number of hydrogen-bond acceptors (Lipinski definition) is 3. The first-order chi connectivity index (χ1) is 10.1. The van der Waals surface area contributed by atoms with Gasteiger partial charge in [-0.3, -0.25) is 4.79 Å². The summed E-state index contributed by atoms with van der Waals surface area (Å²) in [5, 5.41) is 0. The quantitative estimate of drug-likeness (QED) is 0.905. The van der Waals surface area contributed by atoms with Crippen LogP contribution in [0.25, 0.3) is 0 Å². The van der Waals surface area contributed by atoms with E-state index in [9.17, 15) is 4.79 Å². The van der Waals surface area contributed by atoms with E-state index in [1.807, 2.05) is 44.3 Å². The molecule has 1 aromatic rings. The van der Waals surface area contributed by atoms with E-state index in [4.69, 9.17) is 10.5 Å². The van der Waals surface area contributed by atoms with Crippen LogP contribution in [-0.4, -0.2) is 37.1 Å². The Bertz CT molecular complexity index is 443. The van der Waals surface area contributed by atoms with Gasteiger partial charge in [-0.1, -0.05) is 37.3 Å². The molecule has 3 atom stereocenters. The summed E-state index contributed by atoms with van der Waals surface area (Å²) in [7, 11) is 1.84. The molecular weight excluding hydrogens is 264 g/mol. The lowest BCUT2D eigenvalue weighted by Gasteiger charge is -2.30. The van der Waals surface area contributed by atoms with Gasteiger partial charge in [-0.15, -0.1) is 0 Å². The highest BCUT2D eigenvalue weighted by molar-refractivity contribution is 5.79. The van der Waals surface area contributed by atoms with Gasteiger partial charge in [0.2, 0.25) is 5.91 Å². The van der Waals surface area contributed by atoms with Crippen molar-refractivity contribution < 1.29 is 9.53 Å². The molecule has 0 aromatic heterocycles. The molecule has 21 heavy (non-hydrogen) atoms. The van der Waals surface area contributed by atoms with Crippen LogP contribution >= 0.6 is 0 Å². The Hall–Kier alpha value is -1.39. The lowest BCUT2D eigenvalue weighted by molar-refractivity contribution is -0.136. The van der Waals surface area contributed by atoms with E-state index in [0.717, 1.165) is 25.0 Å². The predicted octanol–water partition coefficient (Wildman–Crippen LogP) is 2.35. The topological polar surface area (TPSA) is 55.6 Å². The fourth-order valence-corrected chi connectivity index (χ4v) is 2.81. The van der Waals surface area contributed by atoms with Crippen LogP contribution in [-0.2, 0) is 9.53 Å². The van der Waals surface area contributed by atoms with E-state index in [2.05, 4.69) is 0 Å². The zero-order valence-electron chi connectivity index (χ0n) is 13.0. The van der Waals surface area contributed by atoms with Crippen LogP contribution in [0.15, 0.2) is 30.3 Å². The number of likely N-dealkylation sites (N-methyl/N-ethyl adjacent to an activating group) is 1. The minimum Gasteiger partial charge on any atom is -0.376 e. The van der Waals surface area contributed by atoms with E-state index >= 15 is 0 Å². The second kappa shape index (κ2) is 7.57. The highest BCUT2D eigenvalue weighted by Crippen LogP contribution is 2.21. The highest BCUT2D eigenvalue weighted by Gasteiger charge is 2.26. The van der Waals surface area contributed by atoms with Crippen LogP contribution in [0.5, 0.6) is 0 Å². The fraction of sp³-hybridized carbons (Fsp3) is 0.588. The van der Waals surface area contributed by atoms with Gasteiger partial charge in [0.25, 0.3) is 0 Å². The summed E-state index contributed by atoms with van der Waals surface area (Å²) < 4.78 is 5.70. The molecule has 1 fully saturated rings. The molecule has 2 N–H and O–H groups in total. The molecule has 1 saturated heterocycles. The average molecular weight is 290 g/mol. The van der Waals surface area contributed by atoms with E-state index in [1.165, 1.54) is 6.42 Å². The van der Waals surface area contributed by atoms with Crippen LogP contribution in [0.3, 0.4) is 0 Å². The van der Waals surface area contributed by atoms with Gasteiger partial charge in [0, 0.05) is 26.2 Å². The van der Waals surface area contributed by atoms with Gasteiger partial charge in [-0.2, -0.15) is 0 Å². The number of carbonyl (C=O) groups is 1. The monoisotopic (exact) mass is 290 g/mol. The molecular formula is C17H26N2O2. The number of rotatable bonds is 5. The molecule has 0 spiro atoms. The van der Waals surface area contributed by atoms with E-state index in [1.54, 1.807) is 4.90 Å². The molecule has 4 nitrogen and oxygen atoms in total. The third-order valence-electron chi connectivity index (χ3n) is 4.24. The molecule has 3 unspecified atom stereocenters. The Kier molecular flexibility index (Phi) is 5.76. The third-order valence-corrected chi connectivity index (χ3v) is 4.24. The molecule has 1 aliphatic rings. The summed E-state index contributed by atoms with van der Waals surface area (Å²) >= 11 is 0. The van der Waals surface area contributed by atoms with Gasteiger partial charge in [0.1, 0.15) is 0 Å². The maximum Gasteiger partial charge on any atom is 0.227 e. The SMILES string of the molecule is CC(C(=O)N(C)CC1CCCCO1)C(N)c1ccccc1. The summed E-state index contributed by atoms with van der Waals surface area (Å²) in [6.07, 6.45) is 3.53. The number of hydrogen-bond donors (Lipinski definition) is 1. The molecule has 1 heterocycles. The van der Waals surface area contributed by atoms with Crippen LogP contribution in [0.4, 0.5) is 0 Å². The third kappa shape index (κ3) is 4.29. The minimum absolute atomic E-state index is 0.0838.